The van der Waals surface area contributed by atoms with Crippen molar-refractivity contribution in [1.29, 1.82) is 0 Å². The highest BCUT2D eigenvalue weighted by Gasteiger charge is 2.18. The lowest BCUT2D eigenvalue weighted by atomic mass is 10.1. The lowest BCUT2D eigenvalue weighted by Gasteiger charge is -2.24. The largest absolute Gasteiger partial charge is 0.355 e. The number of benzene rings is 2. The summed E-state index contributed by atoms with van der Waals surface area (Å²) in [4.78, 5) is 31.5. The summed E-state index contributed by atoms with van der Waals surface area (Å²) >= 11 is 0. The molecule has 5 nitrogen and oxygen atoms in total. The Kier molecular flexibility index (Phi) is 8.55. The molecule has 0 aliphatic carbocycles. The number of pyridine rings is 1. The molecule has 0 bridgehead atoms. The average Bonchev–Trinajstić information content (AvgIpc) is 2.78. The number of hydrogen-bond donors (Lipinski definition) is 1. The first kappa shape index (κ1) is 23.2. The minimum atomic E-state index is -0.0406. The van der Waals surface area contributed by atoms with E-state index in [1.165, 1.54) is 0 Å². The Hall–Kier alpha value is -3.47. The van der Waals surface area contributed by atoms with Gasteiger partial charge in [0.25, 0.3) is 0 Å². The lowest BCUT2D eigenvalue weighted by Crippen LogP contribution is -2.31. The minimum Gasteiger partial charge on any atom is -0.355 e. The summed E-state index contributed by atoms with van der Waals surface area (Å²) in [5.41, 5.74) is 3.73. The smallest absolute Gasteiger partial charge is 0.227 e. The van der Waals surface area contributed by atoms with E-state index in [0.717, 1.165) is 22.5 Å². The maximum atomic E-state index is 13.0. The fraction of sp³-hybridized carbons (Fsp3) is 0.296. The number of amides is 2. The van der Waals surface area contributed by atoms with E-state index in [1.54, 1.807) is 6.20 Å². The SMILES string of the molecule is CC(C)CC(=O)N(Cc1ccccc1)c1cccc(CC(=O)NCCc2ccccn2)c1. The third-order valence-electron chi connectivity index (χ3n) is 5.08. The van der Waals surface area contributed by atoms with E-state index >= 15 is 0 Å². The van der Waals surface area contributed by atoms with Crippen molar-refractivity contribution >= 4 is 17.5 Å². The highest BCUT2D eigenvalue weighted by Crippen LogP contribution is 2.22. The number of nitrogens with one attached hydrogen (secondary N) is 1. The molecule has 0 saturated heterocycles. The quantitative estimate of drug-likeness (QED) is 0.514. The highest BCUT2D eigenvalue weighted by molar-refractivity contribution is 5.93. The second-order valence-electron chi connectivity index (χ2n) is 8.33. The molecule has 2 aromatic carbocycles. The monoisotopic (exact) mass is 429 g/mol. The molecule has 5 heteroatoms. The van der Waals surface area contributed by atoms with Gasteiger partial charge in [-0.05, 0) is 41.3 Å². The Bertz CT molecular complexity index is 1000. The molecular weight excluding hydrogens is 398 g/mol. The molecule has 1 heterocycles. The van der Waals surface area contributed by atoms with E-state index in [1.807, 2.05) is 91.5 Å². The number of anilines is 1. The number of hydrogen-bond acceptors (Lipinski definition) is 3. The molecule has 32 heavy (non-hydrogen) atoms. The minimum absolute atomic E-state index is 0.0406. The Labute approximate surface area is 190 Å². The van der Waals surface area contributed by atoms with Crippen LogP contribution in [0.25, 0.3) is 0 Å². The van der Waals surface area contributed by atoms with Crippen molar-refractivity contribution < 1.29 is 9.59 Å². The summed E-state index contributed by atoms with van der Waals surface area (Å²) in [7, 11) is 0. The summed E-state index contributed by atoms with van der Waals surface area (Å²) in [5, 5.41) is 2.96. The van der Waals surface area contributed by atoms with Gasteiger partial charge in [-0.1, -0.05) is 62.4 Å². The zero-order chi connectivity index (χ0) is 22.8. The van der Waals surface area contributed by atoms with Crippen molar-refractivity contribution in [3.8, 4) is 0 Å². The van der Waals surface area contributed by atoms with Crippen LogP contribution in [0.3, 0.4) is 0 Å². The Morgan fingerprint density at radius 2 is 1.69 bits per heavy atom. The normalized spacial score (nSPS) is 10.7. The first-order chi connectivity index (χ1) is 15.5. The van der Waals surface area contributed by atoms with Crippen LogP contribution in [0.4, 0.5) is 5.69 Å². The number of carbonyl (C=O) groups excluding carboxylic acids is 2. The second-order valence-corrected chi connectivity index (χ2v) is 8.33. The van der Waals surface area contributed by atoms with E-state index in [4.69, 9.17) is 0 Å². The van der Waals surface area contributed by atoms with Gasteiger partial charge in [-0.2, -0.15) is 0 Å². The molecule has 0 spiro atoms. The first-order valence-corrected chi connectivity index (χ1v) is 11.1. The molecule has 0 radical (unpaired) electrons. The molecule has 166 valence electrons. The van der Waals surface area contributed by atoms with Gasteiger partial charge in [-0.15, -0.1) is 0 Å². The number of carbonyl (C=O) groups is 2. The van der Waals surface area contributed by atoms with Crippen LogP contribution in [0.2, 0.25) is 0 Å². The van der Waals surface area contributed by atoms with Crippen LogP contribution in [-0.2, 0) is 29.0 Å². The van der Waals surface area contributed by atoms with Gasteiger partial charge in [0.2, 0.25) is 11.8 Å². The van der Waals surface area contributed by atoms with Crippen molar-refractivity contribution in [2.75, 3.05) is 11.4 Å². The Morgan fingerprint density at radius 1 is 0.938 bits per heavy atom. The molecule has 0 saturated carbocycles. The Morgan fingerprint density at radius 3 is 2.41 bits per heavy atom. The standard InChI is InChI=1S/C27H31N3O2/c1-21(2)17-27(32)30(20-22-9-4-3-5-10-22)25-13-8-11-23(18-25)19-26(31)29-16-14-24-12-6-7-15-28-24/h3-13,15,18,21H,14,16-17,19-20H2,1-2H3,(H,29,31). The summed E-state index contributed by atoms with van der Waals surface area (Å²) in [6.45, 7) is 5.14. The molecule has 0 aliphatic rings. The lowest BCUT2D eigenvalue weighted by molar-refractivity contribution is -0.120. The fourth-order valence-corrected chi connectivity index (χ4v) is 3.51. The predicted molar refractivity (Wildman–Crippen MR) is 128 cm³/mol. The summed E-state index contributed by atoms with van der Waals surface area (Å²) < 4.78 is 0. The van der Waals surface area contributed by atoms with Crippen molar-refractivity contribution in [3.05, 3.63) is 95.8 Å². The first-order valence-electron chi connectivity index (χ1n) is 11.1. The number of aromatic nitrogens is 1. The van der Waals surface area contributed by atoms with Gasteiger partial charge in [0, 0.05) is 37.0 Å². The summed E-state index contributed by atoms with van der Waals surface area (Å²) in [6.07, 6.45) is 3.20. The average molecular weight is 430 g/mol. The zero-order valence-electron chi connectivity index (χ0n) is 18.8. The van der Waals surface area contributed by atoms with E-state index in [0.29, 0.717) is 25.9 Å². The molecule has 0 fully saturated rings. The van der Waals surface area contributed by atoms with Crippen molar-refractivity contribution in [1.82, 2.24) is 10.3 Å². The van der Waals surface area contributed by atoms with Gasteiger partial charge >= 0.3 is 0 Å². The van der Waals surface area contributed by atoms with Crippen LogP contribution < -0.4 is 10.2 Å². The Balaban J connectivity index is 1.66. The third-order valence-corrected chi connectivity index (χ3v) is 5.08. The van der Waals surface area contributed by atoms with E-state index < -0.39 is 0 Å². The summed E-state index contributed by atoms with van der Waals surface area (Å²) in [6, 6.07) is 23.5. The third kappa shape index (κ3) is 7.34. The van der Waals surface area contributed by atoms with Crippen molar-refractivity contribution in [2.24, 2.45) is 5.92 Å². The molecule has 0 unspecified atom stereocenters. The van der Waals surface area contributed by atoms with Crippen LogP contribution in [0, 0.1) is 5.92 Å². The van der Waals surface area contributed by atoms with Crippen LogP contribution in [0.1, 0.15) is 37.1 Å². The van der Waals surface area contributed by atoms with Crippen molar-refractivity contribution in [3.63, 3.8) is 0 Å². The van der Waals surface area contributed by atoms with Gasteiger partial charge in [0.1, 0.15) is 0 Å². The van der Waals surface area contributed by atoms with Crippen LogP contribution in [-0.4, -0.2) is 23.3 Å². The van der Waals surface area contributed by atoms with E-state index in [9.17, 15) is 9.59 Å². The second kappa shape index (κ2) is 11.8. The fourth-order valence-electron chi connectivity index (χ4n) is 3.51. The van der Waals surface area contributed by atoms with Crippen LogP contribution >= 0.6 is 0 Å². The van der Waals surface area contributed by atoms with E-state index in [2.05, 4.69) is 10.3 Å². The topological polar surface area (TPSA) is 62.3 Å². The maximum Gasteiger partial charge on any atom is 0.227 e. The zero-order valence-corrected chi connectivity index (χ0v) is 18.8. The van der Waals surface area contributed by atoms with Gasteiger partial charge < -0.3 is 10.2 Å². The maximum absolute atomic E-state index is 13.0. The van der Waals surface area contributed by atoms with Gasteiger partial charge in [-0.3, -0.25) is 14.6 Å². The van der Waals surface area contributed by atoms with Crippen LogP contribution in [0.15, 0.2) is 79.0 Å². The predicted octanol–water partition coefficient (Wildman–Crippen LogP) is 4.56. The molecule has 3 aromatic rings. The van der Waals surface area contributed by atoms with Gasteiger partial charge in [0.05, 0.1) is 13.0 Å². The molecule has 0 aliphatic heterocycles. The molecule has 0 atom stereocenters. The molecule has 2 amide bonds. The molecule has 1 aromatic heterocycles. The molecule has 3 rings (SSSR count). The summed E-state index contributed by atoms with van der Waals surface area (Å²) in [5.74, 6) is 0.316. The molecular formula is C27H31N3O2. The van der Waals surface area contributed by atoms with E-state index in [-0.39, 0.29) is 24.2 Å². The van der Waals surface area contributed by atoms with Crippen LogP contribution in [0.5, 0.6) is 0 Å². The number of nitrogens with zero attached hydrogens (tertiary/aromatic N) is 2. The van der Waals surface area contributed by atoms with Crippen molar-refractivity contribution in [2.45, 2.75) is 39.7 Å². The van der Waals surface area contributed by atoms with Gasteiger partial charge in [-0.25, -0.2) is 0 Å². The van der Waals surface area contributed by atoms with Gasteiger partial charge in [0.15, 0.2) is 0 Å². The molecule has 1 N–H and O–H groups in total. The number of rotatable bonds is 10. The highest BCUT2D eigenvalue weighted by atomic mass is 16.2.